The molecular formula is C21H43N2NaO3. The standard InChI is InChI=1S/C21H42N2O3.Na.H/c1-5-6-7-8-9-10-11-12-13-14-15-16-20(24)22-19(2)17-18-21(25)26-23(3)4;;/h19H,5-18H2,1-4H3,(H,22,24);;/q;+1;-1. The van der Waals surface area contributed by atoms with Gasteiger partial charge in [-0.25, -0.2) is 0 Å². The van der Waals surface area contributed by atoms with E-state index in [0.29, 0.717) is 19.3 Å². The van der Waals surface area contributed by atoms with E-state index in [9.17, 15) is 9.59 Å². The first-order valence-electron chi connectivity index (χ1n) is 10.6. The van der Waals surface area contributed by atoms with Crippen molar-refractivity contribution in [3.63, 3.8) is 0 Å². The Balaban J connectivity index is -0.00000312. The summed E-state index contributed by atoms with van der Waals surface area (Å²) in [7, 11) is 3.35. The third-order valence-corrected chi connectivity index (χ3v) is 4.48. The second-order valence-electron chi connectivity index (χ2n) is 7.57. The summed E-state index contributed by atoms with van der Waals surface area (Å²) in [5, 5.41) is 4.35. The SMILES string of the molecule is CCCCCCCCCCCCCC(=O)NC(C)CCC(=O)ON(C)C.[H-].[Na+]. The molecule has 27 heavy (non-hydrogen) atoms. The van der Waals surface area contributed by atoms with Crippen molar-refractivity contribution in [2.45, 2.75) is 110 Å². The average Bonchev–Trinajstić information content (AvgIpc) is 2.57. The number of nitrogens with zero attached hydrogens (tertiary/aromatic N) is 1. The van der Waals surface area contributed by atoms with Crippen LogP contribution in [0.4, 0.5) is 0 Å². The fraction of sp³-hybridized carbons (Fsp3) is 0.905. The molecule has 6 heteroatoms. The summed E-state index contributed by atoms with van der Waals surface area (Å²) in [4.78, 5) is 28.3. The maximum absolute atomic E-state index is 11.9. The van der Waals surface area contributed by atoms with Crippen molar-refractivity contribution >= 4 is 11.9 Å². The number of carbonyl (C=O) groups is 2. The van der Waals surface area contributed by atoms with Gasteiger partial charge in [-0.3, -0.25) is 9.59 Å². The van der Waals surface area contributed by atoms with Crippen molar-refractivity contribution in [2.75, 3.05) is 14.1 Å². The van der Waals surface area contributed by atoms with Gasteiger partial charge in [0, 0.05) is 33.0 Å². The molecule has 1 N–H and O–H groups in total. The Labute approximate surface area is 191 Å². The summed E-state index contributed by atoms with van der Waals surface area (Å²) in [6.07, 6.45) is 15.7. The fourth-order valence-electron chi connectivity index (χ4n) is 2.95. The summed E-state index contributed by atoms with van der Waals surface area (Å²) in [6, 6.07) is 0.00456. The topological polar surface area (TPSA) is 58.6 Å². The minimum atomic E-state index is -0.263. The van der Waals surface area contributed by atoms with Crippen LogP contribution in [0.15, 0.2) is 0 Å². The maximum Gasteiger partial charge on any atom is 1.00 e. The number of hydrogen-bond donors (Lipinski definition) is 1. The van der Waals surface area contributed by atoms with E-state index in [0.717, 1.165) is 12.8 Å². The van der Waals surface area contributed by atoms with E-state index in [1.807, 2.05) is 6.92 Å². The Morgan fingerprint density at radius 3 is 1.85 bits per heavy atom. The third kappa shape index (κ3) is 22.1. The molecule has 0 aliphatic carbocycles. The maximum atomic E-state index is 11.9. The Morgan fingerprint density at radius 1 is 0.889 bits per heavy atom. The van der Waals surface area contributed by atoms with Gasteiger partial charge < -0.3 is 11.6 Å². The molecule has 0 spiro atoms. The minimum Gasteiger partial charge on any atom is -1.00 e. The molecule has 0 aromatic rings. The van der Waals surface area contributed by atoms with Gasteiger partial charge in [-0.2, -0.15) is 0 Å². The first-order chi connectivity index (χ1) is 12.5. The molecule has 0 bridgehead atoms. The summed E-state index contributed by atoms with van der Waals surface area (Å²) in [6.45, 7) is 4.19. The number of carbonyl (C=O) groups excluding carboxylic acids is 2. The van der Waals surface area contributed by atoms with Crippen molar-refractivity contribution in [1.29, 1.82) is 0 Å². The van der Waals surface area contributed by atoms with Crippen LogP contribution in [0.25, 0.3) is 0 Å². The Bertz CT molecular complexity index is 372. The van der Waals surface area contributed by atoms with E-state index in [-0.39, 0.29) is 48.9 Å². The largest absolute Gasteiger partial charge is 1.00 e. The summed E-state index contributed by atoms with van der Waals surface area (Å²) in [5.74, 6) is -0.170. The van der Waals surface area contributed by atoms with Crippen molar-refractivity contribution < 1.29 is 45.4 Å². The Morgan fingerprint density at radius 2 is 1.37 bits per heavy atom. The van der Waals surface area contributed by atoms with E-state index >= 15 is 0 Å². The van der Waals surface area contributed by atoms with E-state index in [4.69, 9.17) is 4.84 Å². The van der Waals surface area contributed by atoms with Crippen molar-refractivity contribution in [3.8, 4) is 0 Å². The van der Waals surface area contributed by atoms with E-state index in [1.54, 1.807) is 14.1 Å². The van der Waals surface area contributed by atoms with Crippen LogP contribution in [-0.2, 0) is 14.4 Å². The first kappa shape index (κ1) is 29.1. The molecule has 1 unspecified atom stereocenters. The number of rotatable bonds is 17. The van der Waals surface area contributed by atoms with Crippen molar-refractivity contribution in [2.24, 2.45) is 0 Å². The van der Waals surface area contributed by atoms with Gasteiger partial charge in [-0.1, -0.05) is 71.1 Å². The molecule has 0 fully saturated rings. The zero-order valence-corrected chi connectivity index (χ0v) is 20.6. The van der Waals surface area contributed by atoms with Gasteiger partial charge in [0.25, 0.3) is 0 Å². The van der Waals surface area contributed by atoms with Gasteiger partial charge in [0.1, 0.15) is 0 Å². The van der Waals surface area contributed by atoms with Gasteiger partial charge in [0.05, 0.1) is 0 Å². The smallest absolute Gasteiger partial charge is 1.00 e. The molecule has 0 aromatic heterocycles. The van der Waals surface area contributed by atoms with Crippen LogP contribution in [0, 0.1) is 0 Å². The van der Waals surface area contributed by atoms with Crippen LogP contribution in [0.2, 0.25) is 0 Å². The molecule has 0 radical (unpaired) electrons. The molecule has 0 rings (SSSR count). The zero-order chi connectivity index (χ0) is 19.6. The Kier molecular flexibility index (Phi) is 22.2. The monoisotopic (exact) mass is 394 g/mol. The van der Waals surface area contributed by atoms with Crippen LogP contribution in [0.1, 0.15) is 105 Å². The molecule has 156 valence electrons. The molecule has 0 aliphatic rings. The molecule has 1 atom stereocenters. The molecule has 0 saturated heterocycles. The minimum absolute atomic E-state index is 0. The number of unbranched alkanes of at least 4 members (excludes halogenated alkanes) is 10. The summed E-state index contributed by atoms with van der Waals surface area (Å²) < 4.78 is 0. The second-order valence-corrected chi connectivity index (χ2v) is 7.57. The summed E-state index contributed by atoms with van der Waals surface area (Å²) in [5.41, 5.74) is 0. The molecule has 0 saturated carbocycles. The number of hydrogen-bond acceptors (Lipinski definition) is 4. The van der Waals surface area contributed by atoms with E-state index < -0.39 is 0 Å². The molecule has 0 aliphatic heterocycles. The van der Waals surface area contributed by atoms with Crippen LogP contribution >= 0.6 is 0 Å². The summed E-state index contributed by atoms with van der Waals surface area (Å²) >= 11 is 0. The first-order valence-corrected chi connectivity index (χ1v) is 10.6. The zero-order valence-electron chi connectivity index (χ0n) is 19.6. The normalized spacial score (nSPS) is 11.7. The Hall–Kier alpha value is -0.100. The molecule has 1 amide bonds. The molecular weight excluding hydrogens is 351 g/mol. The predicted molar refractivity (Wildman–Crippen MR) is 109 cm³/mol. The van der Waals surface area contributed by atoms with Gasteiger partial charge in [-0.05, 0) is 19.8 Å². The van der Waals surface area contributed by atoms with Crippen LogP contribution in [0.3, 0.4) is 0 Å². The van der Waals surface area contributed by atoms with E-state index in [2.05, 4.69) is 12.2 Å². The van der Waals surface area contributed by atoms with E-state index in [1.165, 1.54) is 62.9 Å². The number of amides is 1. The predicted octanol–water partition coefficient (Wildman–Crippen LogP) is 2.11. The number of hydroxylamine groups is 2. The van der Waals surface area contributed by atoms with Gasteiger partial charge >= 0.3 is 35.5 Å². The van der Waals surface area contributed by atoms with Crippen LogP contribution in [-0.4, -0.2) is 37.1 Å². The van der Waals surface area contributed by atoms with Gasteiger partial charge in [0.15, 0.2) is 0 Å². The van der Waals surface area contributed by atoms with Gasteiger partial charge in [-0.15, -0.1) is 5.06 Å². The molecule has 0 heterocycles. The van der Waals surface area contributed by atoms with Crippen LogP contribution in [0.5, 0.6) is 0 Å². The van der Waals surface area contributed by atoms with Crippen molar-refractivity contribution in [1.82, 2.24) is 10.4 Å². The van der Waals surface area contributed by atoms with Gasteiger partial charge in [0.2, 0.25) is 5.91 Å². The van der Waals surface area contributed by atoms with Crippen molar-refractivity contribution in [3.05, 3.63) is 0 Å². The quantitative estimate of drug-likeness (QED) is 0.233. The molecule has 5 nitrogen and oxygen atoms in total. The molecule has 0 aromatic carbocycles. The number of nitrogens with one attached hydrogen (secondary N) is 1. The second kappa shape index (κ2) is 20.6. The fourth-order valence-corrected chi connectivity index (χ4v) is 2.95. The third-order valence-electron chi connectivity index (χ3n) is 4.48. The van der Waals surface area contributed by atoms with Crippen LogP contribution < -0.4 is 34.9 Å². The average molecular weight is 395 g/mol.